The molecule has 1 fully saturated rings. The molecule has 0 bridgehead atoms. The third-order valence-corrected chi connectivity index (χ3v) is 5.41. The molecule has 1 atom stereocenters. The Hall–Kier alpha value is -1.07. The molecule has 1 aliphatic heterocycles. The van der Waals surface area contributed by atoms with E-state index in [-0.39, 0.29) is 17.5 Å². The molecule has 2 rings (SSSR count). The van der Waals surface area contributed by atoms with Gasteiger partial charge in [0.25, 0.3) is 0 Å². The van der Waals surface area contributed by atoms with E-state index in [1.807, 2.05) is 12.1 Å². The zero-order valence-corrected chi connectivity index (χ0v) is 12.1. The van der Waals surface area contributed by atoms with Crippen LogP contribution < -0.4 is 0 Å². The highest BCUT2D eigenvalue weighted by Crippen LogP contribution is 2.26. The number of sulfone groups is 1. The Labute approximate surface area is 115 Å². The van der Waals surface area contributed by atoms with E-state index in [0.717, 1.165) is 18.5 Å². The molecule has 5 heteroatoms. The molecule has 0 aromatic heterocycles. The summed E-state index contributed by atoms with van der Waals surface area (Å²) in [4.78, 5) is 2.25. The van der Waals surface area contributed by atoms with Crippen LogP contribution in [0.4, 0.5) is 0 Å². The number of phenols is 1. The molecule has 1 aromatic carbocycles. The van der Waals surface area contributed by atoms with Crippen LogP contribution in [-0.2, 0) is 9.84 Å². The maximum atomic E-state index is 11.6. The second kappa shape index (κ2) is 5.92. The Balaban J connectivity index is 2.15. The minimum atomic E-state index is -2.86. The molecule has 0 amide bonds. The monoisotopic (exact) mass is 283 g/mol. The smallest absolute Gasteiger partial charge is 0.151 e. The number of hydrogen-bond donors (Lipinski definition) is 1. The lowest BCUT2D eigenvalue weighted by Crippen LogP contribution is -2.31. The van der Waals surface area contributed by atoms with Crippen molar-refractivity contribution >= 4 is 9.84 Å². The summed E-state index contributed by atoms with van der Waals surface area (Å²) in [6.45, 7) is 3.53. The molecule has 0 saturated carbocycles. The van der Waals surface area contributed by atoms with E-state index in [0.29, 0.717) is 18.7 Å². The predicted octanol–water partition coefficient (Wildman–Crippen LogP) is 1.96. The normalized spacial score (nSPS) is 21.7. The molecular weight excluding hydrogens is 262 g/mol. The molecule has 1 heterocycles. The molecule has 0 radical (unpaired) electrons. The van der Waals surface area contributed by atoms with Gasteiger partial charge in [-0.2, -0.15) is 0 Å². The van der Waals surface area contributed by atoms with Crippen LogP contribution in [0.3, 0.4) is 0 Å². The number of benzene rings is 1. The molecule has 1 unspecified atom stereocenters. The van der Waals surface area contributed by atoms with Crippen LogP contribution in [-0.4, -0.2) is 43.0 Å². The van der Waals surface area contributed by atoms with Crippen molar-refractivity contribution in [3.63, 3.8) is 0 Å². The number of aromatic hydroxyl groups is 1. The van der Waals surface area contributed by atoms with Gasteiger partial charge in [0.15, 0.2) is 9.84 Å². The fraction of sp³-hybridized carbons (Fsp3) is 0.571. The number of phenolic OH excluding ortho intramolecular Hbond substituents is 1. The fourth-order valence-electron chi connectivity index (χ4n) is 2.67. The molecule has 106 valence electrons. The lowest BCUT2D eigenvalue weighted by molar-refractivity contribution is 0.207. The van der Waals surface area contributed by atoms with E-state index in [1.54, 1.807) is 12.1 Å². The maximum Gasteiger partial charge on any atom is 0.151 e. The quantitative estimate of drug-likeness (QED) is 0.921. The molecule has 1 N–H and O–H groups in total. The summed E-state index contributed by atoms with van der Waals surface area (Å²) in [6.07, 6.45) is 1.64. The van der Waals surface area contributed by atoms with Gasteiger partial charge in [-0.1, -0.05) is 19.1 Å². The van der Waals surface area contributed by atoms with Gasteiger partial charge in [0, 0.05) is 12.6 Å². The van der Waals surface area contributed by atoms with E-state index < -0.39 is 9.84 Å². The Kier molecular flexibility index (Phi) is 4.47. The zero-order chi connectivity index (χ0) is 13.9. The first-order chi connectivity index (χ1) is 9.02. The van der Waals surface area contributed by atoms with Crippen molar-refractivity contribution in [1.82, 2.24) is 4.90 Å². The van der Waals surface area contributed by atoms with Crippen molar-refractivity contribution in [2.75, 3.05) is 24.6 Å². The Morgan fingerprint density at radius 2 is 1.89 bits per heavy atom. The van der Waals surface area contributed by atoms with Crippen molar-refractivity contribution in [3.05, 3.63) is 29.8 Å². The Morgan fingerprint density at radius 3 is 2.53 bits per heavy atom. The van der Waals surface area contributed by atoms with Gasteiger partial charge in [-0.3, -0.25) is 4.90 Å². The van der Waals surface area contributed by atoms with Crippen LogP contribution in [0, 0.1) is 0 Å². The third-order valence-electron chi connectivity index (χ3n) is 3.70. The minimum absolute atomic E-state index is 0.230. The van der Waals surface area contributed by atoms with Gasteiger partial charge in [-0.15, -0.1) is 0 Å². The van der Waals surface area contributed by atoms with E-state index in [9.17, 15) is 13.5 Å². The summed E-state index contributed by atoms with van der Waals surface area (Å²) in [5.41, 5.74) is 1.14. The molecule has 1 aromatic rings. The van der Waals surface area contributed by atoms with E-state index in [4.69, 9.17) is 0 Å². The van der Waals surface area contributed by atoms with Gasteiger partial charge in [0.2, 0.25) is 0 Å². The standard InChI is InChI=1S/C14H21NO3S/c1-2-14(12-4-6-13(16)7-5-12)15-8-3-10-19(17,18)11-9-15/h4-7,14,16H,2-3,8-11H2,1H3. The van der Waals surface area contributed by atoms with Crippen LogP contribution in [0.2, 0.25) is 0 Å². The van der Waals surface area contributed by atoms with Crippen molar-refractivity contribution in [2.24, 2.45) is 0 Å². The molecular formula is C14H21NO3S. The topological polar surface area (TPSA) is 57.6 Å². The van der Waals surface area contributed by atoms with Crippen LogP contribution in [0.1, 0.15) is 31.4 Å². The second-order valence-corrected chi connectivity index (χ2v) is 7.36. The zero-order valence-electron chi connectivity index (χ0n) is 11.2. The number of hydrogen-bond acceptors (Lipinski definition) is 4. The average Bonchev–Trinajstić information content (AvgIpc) is 2.54. The SMILES string of the molecule is CCC(c1ccc(O)cc1)N1CCCS(=O)(=O)CC1. The summed E-state index contributed by atoms with van der Waals surface area (Å²) >= 11 is 0. The van der Waals surface area contributed by atoms with E-state index in [1.165, 1.54) is 0 Å². The van der Waals surface area contributed by atoms with Crippen LogP contribution in [0.5, 0.6) is 5.75 Å². The van der Waals surface area contributed by atoms with Gasteiger partial charge >= 0.3 is 0 Å². The largest absolute Gasteiger partial charge is 0.508 e. The molecule has 4 nitrogen and oxygen atoms in total. The van der Waals surface area contributed by atoms with Crippen LogP contribution in [0.25, 0.3) is 0 Å². The van der Waals surface area contributed by atoms with Crippen molar-refractivity contribution in [3.8, 4) is 5.75 Å². The summed E-state index contributed by atoms with van der Waals surface area (Å²) < 4.78 is 23.3. The number of rotatable bonds is 3. The van der Waals surface area contributed by atoms with Crippen LogP contribution in [0.15, 0.2) is 24.3 Å². The fourth-order valence-corrected chi connectivity index (χ4v) is 3.96. The van der Waals surface area contributed by atoms with Gasteiger partial charge in [-0.05, 0) is 37.1 Å². The third kappa shape index (κ3) is 3.70. The highest BCUT2D eigenvalue weighted by atomic mass is 32.2. The second-order valence-electron chi connectivity index (χ2n) is 5.06. The lowest BCUT2D eigenvalue weighted by Gasteiger charge is -2.29. The minimum Gasteiger partial charge on any atom is -0.508 e. The van der Waals surface area contributed by atoms with Crippen molar-refractivity contribution < 1.29 is 13.5 Å². The first kappa shape index (κ1) is 14.3. The predicted molar refractivity (Wildman–Crippen MR) is 76.0 cm³/mol. The van der Waals surface area contributed by atoms with Crippen molar-refractivity contribution in [1.29, 1.82) is 0 Å². The molecule has 19 heavy (non-hydrogen) atoms. The average molecular weight is 283 g/mol. The molecule has 1 saturated heterocycles. The first-order valence-electron chi connectivity index (χ1n) is 6.75. The maximum absolute atomic E-state index is 11.6. The highest BCUT2D eigenvalue weighted by Gasteiger charge is 2.24. The summed E-state index contributed by atoms with van der Waals surface area (Å²) in [6, 6.07) is 7.44. The highest BCUT2D eigenvalue weighted by molar-refractivity contribution is 7.91. The summed E-state index contributed by atoms with van der Waals surface area (Å²) in [7, 11) is -2.86. The van der Waals surface area contributed by atoms with E-state index >= 15 is 0 Å². The van der Waals surface area contributed by atoms with Gasteiger partial charge < -0.3 is 5.11 Å². The first-order valence-corrected chi connectivity index (χ1v) is 8.57. The van der Waals surface area contributed by atoms with E-state index in [2.05, 4.69) is 11.8 Å². The summed E-state index contributed by atoms with van der Waals surface area (Å²) in [5.74, 6) is 0.814. The van der Waals surface area contributed by atoms with Crippen LogP contribution >= 0.6 is 0 Å². The van der Waals surface area contributed by atoms with Gasteiger partial charge in [0.1, 0.15) is 5.75 Å². The molecule has 0 aliphatic carbocycles. The lowest BCUT2D eigenvalue weighted by atomic mass is 10.0. The Morgan fingerprint density at radius 1 is 1.21 bits per heavy atom. The summed E-state index contributed by atoms with van der Waals surface area (Å²) in [5, 5.41) is 9.34. The molecule has 0 spiro atoms. The van der Waals surface area contributed by atoms with Gasteiger partial charge in [-0.25, -0.2) is 8.42 Å². The number of nitrogens with zero attached hydrogens (tertiary/aromatic N) is 1. The Bertz CT molecular complexity index is 510. The van der Waals surface area contributed by atoms with Gasteiger partial charge in [0.05, 0.1) is 11.5 Å². The van der Waals surface area contributed by atoms with Crippen molar-refractivity contribution in [2.45, 2.75) is 25.8 Å². The molecule has 1 aliphatic rings.